The van der Waals surface area contributed by atoms with E-state index in [1.165, 1.54) is 0 Å². The van der Waals surface area contributed by atoms with E-state index in [1.807, 2.05) is 31.2 Å². The number of aliphatic hydroxyl groups excluding tert-OH is 1. The highest BCUT2D eigenvalue weighted by Crippen LogP contribution is 2.10. The van der Waals surface area contributed by atoms with Gasteiger partial charge >= 0.3 is 0 Å². The summed E-state index contributed by atoms with van der Waals surface area (Å²) in [6.07, 6.45) is 0. The highest BCUT2D eigenvalue weighted by molar-refractivity contribution is 5.37. The van der Waals surface area contributed by atoms with E-state index >= 15 is 0 Å². The molecule has 13 heavy (non-hydrogen) atoms. The molecule has 3 N–H and O–H groups in total. The maximum atomic E-state index is 8.51. The average Bonchev–Trinajstić information content (AvgIpc) is 2.15. The third kappa shape index (κ3) is 2.90. The first-order valence-corrected chi connectivity index (χ1v) is 4.19. The van der Waals surface area contributed by atoms with E-state index in [0.29, 0.717) is 0 Å². The van der Waals surface area contributed by atoms with Crippen molar-refractivity contribution in [1.82, 2.24) is 0 Å². The van der Waals surface area contributed by atoms with Gasteiger partial charge in [-0.3, -0.25) is 0 Å². The Morgan fingerprint density at radius 2 is 2.31 bits per heavy atom. The van der Waals surface area contributed by atoms with Gasteiger partial charge in [-0.1, -0.05) is 24.0 Å². The van der Waals surface area contributed by atoms with Crippen molar-refractivity contribution in [2.75, 3.05) is 6.61 Å². The molecule has 0 radical (unpaired) electrons. The fraction of sp³-hybridized carbons (Fsp3) is 0.273. The van der Waals surface area contributed by atoms with Gasteiger partial charge in [0.2, 0.25) is 0 Å². The fourth-order valence-corrected chi connectivity index (χ4v) is 1.04. The fourth-order valence-electron chi connectivity index (χ4n) is 1.04. The minimum atomic E-state index is -0.109. The molecule has 0 aliphatic heterocycles. The summed E-state index contributed by atoms with van der Waals surface area (Å²) in [6.45, 7) is 1.82. The van der Waals surface area contributed by atoms with Crippen molar-refractivity contribution in [1.29, 1.82) is 0 Å². The molecule has 2 heteroatoms. The van der Waals surface area contributed by atoms with Gasteiger partial charge in [-0.25, -0.2) is 0 Å². The van der Waals surface area contributed by atoms with Gasteiger partial charge in [-0.15, -0.1) is 0 Å². The van der Waals surface area contributed by atoms with Gasteiger partial charge in [0, 0.05) is 11.6 Å². The Kier molecular flexibility index (Phi) is 3.51. The van der Waals surface area contributed by atoms with E-state index in [-0.39, 0.29) is 12.6 Å². The summed E-state index contributed by atoms with van der Waals surface area (Å²) in [7, 11) is 0. The molecular weight excluding hydrogens is 162 g/mol. The summed E-state index contributed by atoms with van der Waals surface area (Å²) >= 11 is 0. The average molecular weight is 175 g/mol. The normalized spacial score (nSPS) is 11.6. The monoisotopic (exact) mass is 175 g/mol. The minimum Gasteiger partial charge on any atom is -0.384 e. The topological polar surface area (TPSA) is 46.2 Å². The molecule has 0 fully saturated rings. The van der Waals surface area contributed by atoms with Crippen LogP contribution in [0.15, 0.2) is 24.3 Å². The molecule has 0 bridgehead atoms. The molecule has 0 unspecified atom stereocenters. The predicted octanol–water partition coefficient (Wildman–Crippen LogP) is 1.05. The second-order valence-electron chi connectivity index (χ2n) is 2.87. The van der Waals surface area contributed by atoms with Crippen LogP contribution >= 0.6 is 0 Å². The molecule has 0 saturated heterocycles. The van der Waals surface area contributed by atoms with Gasteiger partial charge in [0.15, 0.2) is 0 Å². The van der Waals surface area contributed by atoms with Crippen LogP contribution < -0.4 is 5.73 Å². The van der Waals surface area contributed by atoms with Gasteiger partial charge in [0.05, 0.1) is 0 Å². The molecule has 0 saturated carbocycles. The zero-order valence-electron chi connectivity index (χ0n) is 7.62. The first-order chi connectivity index (χ1) is 6.24. The van der Waals surface area contributed by atoms with Crippen LogP contribution in [0.5, 0.6) is 0 Å². The highest BCUT2D eigenvalue weighted by Gasteiger charge is 1.97. The molecule has 0 aromatic heterocycles. The Bertz CT molecular complexity index is 333. The molecule has 0 spiro atoms. The lowest BCUT2D eigenvalue weighted by molar-refractivity contribution is 0.350. The quantitative estimate of drug-likeness (QED) is 0.627. The first-order valence-electron chi connectivity index (χ1n) is 4.19. The number of hydrogen-bond donors (Lipinski definition) is 2. The molecule has 1 rings (SSSR count). The van der Waals surface area contributed by atoms with Crippen LogP contribution in [0, 0.1) is 11.8 Å². The SMILES string of the molecule is C[C@@H](N)c1cccc(C#CCO)c1. The van der Waals surface area contributed by atoms with E-state index in [1.54, 1.807) is 0 Å². The largest absolute Gasteiger partial charge is 0.384 e. The lowest BCUT2D eigenvalue weighted by atomic mass is 10.1. The van der Waals surface area contributed by atoms with Crippen molar-refractivity contribution in [3.63, 3.8) is 0 Å². The molecule has 68 valence electrons. The van der Waals surface area contributed by atoms with Crippen molar-refractivity contribution in [2.45, 2.75) is 13.0 Å². The molecule has 1 aromatic rings. The van der Waals surface area contributed by atoms with Gasteiger partial charge in [0.1, 0.15) is 6.61 Å². The molecule has 1 aromatic carbocycles. The van der Waals surface area contributed by atoms with Crippen LogP contribution in [0.3, 0.4) is 0 Å². The van der Waals surface area contributed by atoms with Crippen molar-refractivity contribution in [3.8, 4) is 11.8 Å². The van der Waals surface area contributed by atoms with Crippen molar-refractivity contribution in [2.24, 2.45) is 5.73 Å². The minimum absolute atomic E-state index is 0.0240. The Morgan fingerprint density at radius 3 is 2.92 bits per heavy atom. The second-order valence-corrected chi connectivity index (χ2v) is 2.87. The lowest BCUT2D eigenvalue weighted by Crippen LogP contribution is -2.04. The van der Waals surface area contributed by atoms with Crippen molar-refractivity contribution < 1.29 is 5.11 Å². The van der Waals surface area contributed by atoms with E-state index < -0.39 is 0 Å². The maximum absolute atomic E-state index is 8.51. The van der Waals surface area contributed by atoms with Crippen LogP contribution in [0.1, 0.15) is 24.1 Å². The number of hydrogen-bond acceptors (Lipinski definition) is 2. The van der Waals surface area contributed by atoms with Crippen LogP contribution in [-0.2, 0) is 0 Å². The van der Waals surface area contributed by atoms with Gasteiger partial charge in [-0.2, -0.15) is 0 Å². The number of rotatable bonds is 1. The number of benzene rings is 1. The summed E-state index contributed by atoms with van der Waals surface area (Å²) in [5.74, 6) is 5.43. The molecule has 0 aliphatic rings. The third-order valence-corrected chi connectivity index (χ3v) is 1.72. The van der Waals surface area contributed by atoms with Gasteiger partial charge < -0.3 is 10.8 Å². The Hall–Kier alpha value is -1.30. The summed E-state index contributed by atoms with van der Waals surface area (Å²) in [6, 6.07) is 7.74. The number of nitrogens with two attached hydrogens (primary N) is 1. The van der Waals surface area contributed by atoms with Crippen LogP contribution in [-0.4, -0.2) is 11.7 Å². The van der Waals surface area contributed by atoms with E-state index in [4.69, 9.17) is 10.8 Å². The van der Waals surface area contributed by atoms with Crippen LogP contribution in [0.2, 0.25) is 0 Å². The first kappa shape index (κ1) is 9.79. The second kappa shape index (κ2) is 4.66. The lowest BCUT2D eigenvalue weighted by Gasteiger charge is -2.04. The maximum Gasteiger partial charge on any atom is 0.104 e. The summed E-state index contributed by atoms with van der Waals surface area (Å²) < 4.78 is 0. The Morgan fingerprint density at radius 1 is 1.54 bits per heavy atom. The van der Waals surface area contributed by atoms with E-state index in [9.17, 15) is 0 Å². The molecule has 0 aliphatic carbocycles. The summed E-state index contributed by atoms with van der Waals surface area (Å²) in [4.78, 5) is 0. The zero-order valence-corrected chi connectivity index (χ0v) is 7.62. The van der Waals surface area contributed by atoms with Gasteiger partial charge in [-0.05, 0) is 24.6 Å². The summed E-state index contributed by atoms with van der Waals surface area (Å²) in [5, 5.41) is 8.51. The van der Waals surface area contributed by atoms with Gasteiger partial charge in [0.25, 0.3) is 0 Å². The smallest absolute Gasteiger partial charge is 0.104 e. The molecular formula is C11H13NO. The standard InChI is InChI=1S/C11H13NO/c1-9(12)11-6-2-4-10(8-11)5-3-7-13/h2,4,6,8-9,13H,7,12H2,1H3/t9-/m1/s1. The van der Waals surface area contributed by atoms with Crippen molar-refractivity contribution >= 4 is 0 Å². The third-order valence-electron chi connectivity index (χ3n) is 1.72. The number of aliphatic hydroxyl groups is 1. The van der Waals surface area contributed by atoms with E-state index in [2.05, 4.69) is 11.8 Å². The van der Waals surface area contributed by atoms with Crippen LogP contribution in [0.25, 0.3) is 0 Å². The molecule has 2 nitrogen and oxygen atoms in total. The zero-order chi connectivity index (χ0) is 9.68. The predicted molar refractivity (Wildman–Crippen MR) is 53.0 cm³/mol. The molecule has 0 heterocycles. The Balaban J connectivity index is 2.92. The summed E-state index contributed by atoms with van der Waals surface area (Å²) in [5.41, 5.74) is 7.67. The Labute approximate surface area is 78.4 Å². The van der Waals surface area contributed by atoms with E-state index in [0.717, 1.165) is 11.1 Å². The highest BCUT2D eigenvalue weighted by atomic mass is 16.2. The van der Waals surface area contributed by atoms with Crippen LogP contribution in [0.4, 0.5) is 0 Å². The van der Waals surface area contributed by atoms with Crippen molar-refractivity contribution in [3.05, 3.63) is 35.4 Å². The molecule has 0 amide bonds. The molecule has 1 atom stereocenters.